The summed E-state index contributed by atoms with van der Waals surface area (Å²) in [5.74, 6) is 0.366. The molecule has 7 nitrogen and oxygen atoms in total. The van der Waals surface area contributed by atoms with Gasteiger partial charge in [-0.2, -0.15) is 5.10 Å². The first-order valence-electron chi connectivity index (χ1n) is 8.00. The summed E-state index contributed by atoms with van der Waals surface area (Å²) < 4.78 is 17.2. The molecule has 136 valence electrons. The van der Waals surface area contributed by atoms with Crippen molar-refractivity contribution in [3.63, 3.8) is 0 Å². The van der Waals surface area contributed by atoms with Gasteiger partial charge in [0.05, 0.1) is 10.7 Å². The predicted molar refractivity (Wildman–Crippen MR) is 97.1 cm³/mol. The lowest BCUT2D eigenvalue weighted by Crippen LogP contribution is -2.25. The lowest BCUT2D eigenvalue weighted by Gasteiger charge is -2.12. The standard InChI is InChI=1S/C19H13ClN2O5/c1-11-8-15(23)18(21-22(11)14-5-3-2-4-13(14)20)19(24)27-12-6-7-16-17(9-12)26-10-25-16/h2-9H,10H2,1H3. The molecule has 0 fully saturated rings. The maximum Gasteiger partial charge on any atom is 0.368 e. The number of nitrogens with zero attached hydrogens (tertiary/aromatic N) is 2. The minimum atomic E-state index is -0.875. The minimum Gasteiger partial charge on any atom is -0.454 e. The summed E-state index contributed by atoms with van der Waals surface area (Å²) in [5.41, 5.74) is 0.196. The van der Waals surface area contributed by atoms with E-state index in [0.717, 1.165) is 0 Å². The summed E-state index contributed by atoms with van der Waals surface area (Å²) in [6.07, 6.45) is 0. The average molecular weight is 385 g/mol. The molecule has 8 heteroatoms. The molecule has 1 aliphatic heterocycles. The quantitative estimate of drug-likeness (QED) is 0.510. The van der Waals surface area contributed by atoms with Crippen LogP contribution in [0.3, 0.4) is 0 Å². The molecule has 2 aromatic carbocycles. The Hall–Kier alpha value is -3.32. The number of benzene rings is 2. The van der Waals surface area contributed by atoms with Crippen LogP contribution in [0.1, 0.15) is 16.2 Å². The largest absolute Gasteiger partial charge is 0.454 e. The summed E-state index contributed by atoms with van der Waals surface area (Å²) >= 11 is 6.21. The van der Waals surface area contributed by atoms with Gasteiger partial charge in [-0.05, 0) is 31.2 Å². The first kappa shape index (κ1) is 17.1. The maximum absolute atomic E-state index is 12.5. The number of fused-ring (bicyclic) bond motifs is 1. The van der Waals surface area contributed by atoms with Crippen LogP contribution < -0.4 is 19.6 Å². The Balaban J connectivity index is 1.69. The number of ether oxygens (including phenoxy) is 3. The molecule has 0 N–H and O–H groups in total. The zero-order valence-corrected chi connectivity index (χ0v) is 14.9. The zero-order valence-electron chi connectivity index (χ0n) is 14.1. The van der Waals surface area contributed by atoms with E-state index < -0.39 is 11.4 Å². The molecule has 27 heavy (non-hydrogen) atoms. The first-order chi connectivity index (χ1) is 13.0. The van der Waals surface area contributed by atoms with E-state index in [1.54, 1.807) is 43.3 Å². The van der Waals surface area contributed by atoms with Crippen molar-refractivity contribution in [3.8, 4) is 22.9 Å². The Bertz CT molecular complexity index is 1110. The zero-order chi connectivity index (χ0) is 19.0. The van der Waals surface area contributed by atoms with Crippen LogP contribution in [0.5, 0.6) is 17.2 Å². The van der Waals surface area contributed by atoms with E-state index in [4.69, 9.17) is 25.8 Å². The molecular formula is C19H13ClN2O5. The molecule has 0 amide bonds. The Morgan fingerprint density at radius 2 is 1.93 bits per heavy atom. The SMILES string of the molecule is Cc1cc(=O)c(C(=O)Oc2ccc3c(c2)OCO3)nn1-c1ccccc1Cl. The highest BCUT2D eigenvalue weighted by molar-refractivity contribution is 6.32. The van der Waals surface area contributed by atoms with Crippen molar-refractivity contribution in [2.24, 2.45) is 0 Å². The van der Waals surface area contributed by atoms with E-state index in [1.807, 2.05) is 0 Å². The van der Waals surface area contributed by atoms with E-state index in [1.165, 1.54) is 16.8 Å². The van der Waals surface area contributed by atoms with Gasteiger partial charge in [0.25, 0.3) is 0 Å². The maximum atomic E-state index is 12.5. The van der Waals surface area contributed by atoms with Crippen molar-refractivity contribution in [1.82, 2.24) is 9.78 Å². The smallest absolute Gasteiger partial charge is 0.368 e. The molecule has 3 aromatic rings. The van der Waals surface area contributed by atoms with Crippen molar-refractivity contribution in [2.45, 2.75) is 6.92 Å². The second-order valence-corrected chi connectivity index (χ2v) is 6.17. The number of halogens is 1. The summed E-state index contributed by atoms with van der Waals surface area (Å²) in [6, 6.07) is 13.0. The number of aryl methyl sites for hydroxylation is 1. The third-order valence-electron chi connectivity index (χ3n) is 3.94. The molecule has 0 unspecified atom stereocenters. The van der Waals surface area contributed by atoms with Crippen LogP contribution in [-0.4, -0.2) is 22.5 Å². The van der Waals surface area contributed by atoms with Crippen LogP contribution in [-0.2, 0) is 0 Å². The van der Waals surface area contributed by atoms with E-state index in [-0.39, 0.29) is 18.2 Å². The number of rotatable bonds is 3. The van der Waals surface area contributed by atoms with E-state index in [2.05, 4.69) is 5.10 Å². The second-order valence-electron chi connectivity index (χ2n) is 5.77. The molecule has 2 heterocycles. The second kappa shape index (κ2) is 6.77. The van der Waals surface area contributed by atoms with Gasteiger partial charge in [-0.3, -0.25) is 4.79 Å². The van der Waals surface area contributed by atoms with Gasteiger partial charge < -0.3 is 14.2 Å². The van der Waals surface area contributed by atoms with Crippen LogP contribution >= 0.6 is 11.6 Å². The average Bonchev–Trinajstić information content (AvgIpc) is 3.10. The van der Waals surface area contributed by atoms with Crippen molar-refractivity contribution >= 4 is 17.6 Å². The fraction of sp³-hybridized carbons (Fsp3) is 0.105. The van der Waals surface area contributed by atoms with Crippen molar-refractivity contribution in [2.75, 3.05) is 6.79 Å². The van der Waals surface area contributed by atoms with Crippen LogP contribution in [0, 0.1) is 6.92 Å². The number of carbonyl (C=O) groups excluding carboxylic acids is 1. The van der Waals surface area contributed by atoms with Crippen LogP contribution in [0.4, 0.5) is 0 Å². The third-order valence-corrected chi connectivity index (χ3v) is 4.26. The molecule has 4 rings (SSSR count). The van der Waals surface area contributed by atoms with Crippen LogP contribution in [0.15, 0.2) is 53.3 Å². The van der Waals surface area contributed by atoms with Gasteiger partial charge in [-0.25, -0.2) is 9.48 Å². The Morgan fingerprint density at radius 1 is 1.15 bits per heavy atom. The molecule has 0 saturated carbocycles. The highest BCUT2D eigenvalue weighted by Gasteiger charge is 2.20. The topological polar surface area (TPSA) is 79.7 Å². The number of hydrogen-bond acceptors (Lipinski definition) is 6. The van der Waals surface area contributed by atoms with E-state index >= 15 is 0 Å². The van der Waals surface area contributed by atoms with Gasteiger partial charge >= 0.3 is 5.97 Å². The highest BCUT2D eigenvalue weighted by Crippen LogP contribution is 2.35. The Kier molecular flexibility index (Phi) is 4.29. The van der Waals surface area contributed by atoms with Gasteiger partial charge in [-0.1, -0.05) is 23.7 Å². The van der Waals surface area contributed by atoms with Crippen molar-refractivity contribution in [1.29, 1.82) is 0 Å². The van der Waals surface area contributed by atoms with Gasteiger partial charge in [0.1, 0.15) is 5.75 Å². The summed E-state index contributed by atoms with van der Waals surface area (Å²) in [5, 5.41) is 4.60. The van der Waals surface area contributed by atoms with E-state index in [0.29, 0.717) is 27.9 Å². The first-order valence-corrected chi connectivity index (χ1v) is 8.38. The number of hydrogen-bond donors (Lipinski definition) is 0. The number of aromatic nitrogens is 2. The normalized spacial score (nSPS) is 12.1. The molecule has 0 radical (unpaired) electrons. The number of carbonyl (C=O) groups is 1. The summed E-state index contributed by atoms with van der Waals surface area (Å²) in [4.78, 5) is 24.8. The van der Waals surface area contributed by atoms with Gasteiger partial charge in [0.15, 0.2) is 11.5 Å². The third kappa shape index (κ3) is 3.24. The molecule has 0 saturated heterocycles. The van der Waals surface area contributed by atoms with Crippen LogP contribution in [0.25, 0.3) is 5.69 Å². The summed E-state index contributed by atoms with van der Waals surface area (Å²) in [6.45, 7) is 1.81. The summed E-state index contributed by atoms with van der Waals surface area (Å²) in [7, 11) is 0. The molecule has 1 aromatic heterocycles. The van der Waals surface area contributed by atoms with Gasteiger partial charge in [-0.15, -0.1) is 0 Å². The fourth-order valence-electron chi connectivity index (χ4n) is 2.65. The van der Waals surface area contributed by atoms with Crippen LogP contribution in [0.2, 0.25) is 5.02 Å². The van der Waals surface area contributed by atoms with Crippen molar-refractivity contribution < 1.29 is 19.0 Å². The number of esters is 1. The van der Waals surface area contributed by atoms with E-state index in [9.17, 15) is 9.59 Å². The van der Waals surface area contributed by atoms with Gasteiger partial charge in [0, 0.05) is 17.8 Å². The molecule has 0 aliphatic carbocycles. The Labute approximate surface area is 158 Å². The minimum absolute atomic E-state index is 0.106. The monoisotopic (exact) mass is 384 g/mol. The molecule has 0 atom stereocenters. The lowest BCUT2D eigenvalue weighted by molar-refractivity contribution is 0.0724. The molecule has 0 spiro atoms. The van der Waals surface area contributed by atoms with Gasteiger partial charge in [0.2, 0.25) is 17.9 Å². The fourth-order valence-corrected chi connectivity index (χ4v) is 2.87. The molecule has 0 bridgehead atoms. The highest BCUT2D eigenvalue weighted by atomic mass is 35.5. The lowest BCUT2D eigenvalue weighted by atomic mass is 10.2. The molecule has 1 aliphatic rings. The Morgan fingerprint density at radius 3 is 2.74 bits per heavy atom. The number of para-hydroxylation sites is 1. The van der Waals surface area contributed by atoms with Crippen molar-refractivity contribution in [3.05, 3.63) is 75.2 Å². The predicted octanol–water partition coefficient (Wildman–Crippen LogP) is 3.14. The molecular weight excluding hydrogens is 372 g/mol.